The fourth-order valence-electron chi connectivity index (χ4n) is 1.43. The molecule has 2 aromatic rings. The van der Waals surface area contributed by atoms with E-state index in [0.717, 1.165) is 0 Å². The maximum atomic E-state index is 11.5. The van der Waals surface area contributed by atoms with Crippen LogP contribution in [0.4, 0.5) is 0 Å². The van der Waals surface area contributed by atoms with Gasteiger partial charge in [-0.05, 0) is 32.0 Å². The van der Waals surface area contributed by atoms with Crippen LogP contribution in [0.25, 0.3) is 0 Å². The molecule has 0 unspecified atom stereocenters. The van der Waals surface area contributed by atoms with Crippen LogP contribution in [0.5, 0.6) is 5.75 Å². The molecule has 6 heteroatoms. The number of ether oxygens (including phenoxy) is 1. The highest BCUT2D eigenvalue weighted by molar-refractivity contribution is 6.31. The van der Waals surface area contributed by atoms with Crippen molar-refractivity contribution in [3.8, 4) is 5.75 Å². The van der Waals surface area contributed by atoms with Gasteiger partial charge in [0.2, 0.25) is 0 Å². The van der Waals surface area contributed by atoms with Gasteiger partial charge in [-0.15, -0.1) is 0 Å². The van der Waals surface area contributed by atoms with Crippen molar-refractivity contribution >= 4 is 17.4 Å². The van der Waals surface area contributed by atoms with E-state index in [1.54, 1.807) is 25.1 Å². The Morgan fingerprint density at radius 1 is 1.44 bits per heavy atom. The normalized spacial score (nSPS) is 10.4. The molecule has 0 aliphatic carbocycles. The molecule has 0 saturated carbocycles. The Labute approximate surface area is 109 Å². The largest absolute Gasteiger partial charge is 0.486 e. The molecule has 18 heavy (non-hydrogen) atoms. The van der Waals surface area contributed by atoms with Crippen molar-refractivity contribution in [2.75, 3.05) is 0 Å². The fraction of sp³-hybridized carbons (Fsp3) is 0.250. The molecule has 2 rings (SSSR count). The molecular formula is C12H11ClN2O3. The van der Waals surface area contributed by atoms with Crippen LogP contribution in [0.3, 0.4) is 0 Å². The predicted octanol–water partition coefficient (Wildman–Crippen LogP) is 2.81. The minimum atomic E-state index is -0.109. The van der Waals surface area contributed by atoms with Gasteiger partial charge in [0, 0.05) is 5.02 Å². The van der Waals surface area contributed by atoms with Crippen molar-refractivity contribution < 1.29 is 14.2 Å². The van der Waals surface area contributed by atoms with Crippen LogP contribution < -0.4 is 4.74 Å². The number of rotatable bonds is 4. The summed E-state index contributed by atoms with van der Waals surface area (Å²) in [5.74, 6) is 0.358. The Hall–Kier alpha value is -1.88. The summed E-state index contributed by atoms with van der Waals surface area (Å²) in [6.07, 6.45) is 0. The summed E-state index contributed by atoms with van der Waals surface area (Å²) in [5.41, 5.74) is 1.70. The van der Waals surface area contributed by atoms with Gasteiger partial charge in [-0.3, -0.25) is 4.79 Å². The zero-order chi connectivity index (χ0) is 13.1. The van der Waals surface area contributed by atoms with E-state index in [4.69, 9.17) is 16.3 Å². The number of Topliss-reactive ketones (excluding diaryl/α,β-unsaturated/α-hetero) is 1. The minimum absolute atomic E-state index is 0.109. The van der Waals surface area contributed by atoms with Crippen LogP contribution in [0.1, 0.15) is 28.7 Å². The molecule has 0 radical (unpaired) electrons. The maximum absolute atomic E-state index is 11.5. The van der Waals surface area contributed by atoms with Crippen LogP contribution in [0.2, 0.25) is 5.02 Å². The second-order valence-electron chi connectivity index (χ2n) is 3.78. The SMILES string of the molecule is CC(=O)c1cc(Cl)ccc1OCc1nonc1C. The molecule has 1 heterocycles. The summed E-state index contributed by atoms with van der Waals surface area (Å²) >= 11 is 5.84. The van der Waals surface area contributed by atoms with Crippen LogP contribution >= 0.6 is 11.6 Å². The van der Waals surface area contributed by atoms with Crippen LogP contribution in [-0.2, 0) is 6.61 Å². The molecule has 94 valence electrons. The number of nitrogens with zero attached hydrogens (tertiary/aromatic N) is 2. The van der Waals surface area contributed by atoms with Gasteiger partial charge >= 0.3 is 0 Å². The average Bonchev–Trinajstić information content (AvgIpc) is 2.73. The van der Waals surface area contributed by atoms with E-state index in [2.05, 4.69) is 14.9 Å². The van der Waals surface area contributed by atoms with E-state index in [1.807, 2.05) is 0 Å². The zero-order valence-corrected chi connectivity index (χ0v) is 10.7. The Bertz CT molecular complexity index is 580. The number of aryl methyl sites for hydroxylation is 1. The molecule has 0 saturated heterocycles. The summed E-state index contributed by atoms with van der Waals surface area (Å²) < 4.78 is 10.1. The van der Waals surface area contributed by atoms with E-state index in [0.29, 0.717) is 27.7 Å². The lowest BCUT2D eigenvalue weighted by Crippen LogP contribution is -2.02. The van der Waals surface area contributed by atoms with Gasteiger partial charge in [0.25, 0.3) is 0 Å². The molecule has 0 N–H and O–H groups in total. The van der Waals surface area contributed by atoms with Gasteiger partial charge < -0.3 is 4.74 Å². The first kappa shape index (κ1) is 12.6. The molecular weight excluding hydrogens is 256 g/mol. The fourth-order valence-corrected chi connectivity index (χ4v) is 1.60. The minimum Gasteiger partial charge on any atom is -0.486 e. The summed E-state index contributed by atoms with van der Waals surface area (Å²) in [5, 5.41) is 7.84. The van der Waals surface area contributed by atoms with Crippen LogP contribution in [0.15, 0.2) is 22.8 Å². The smallest absolute Gasteiger partial charge is 0.163 e. The Morgan fingerprint density at radius 3 is 2.83 bits per heavy atom. The second kappa shape index (κ2) is 5.18. The van der Waals surface area contributed by atoms with E-state index >= 15 is 0 Å². The highest BCUT2D eigenvalue weighted by atomic mass is 35.5. The number of carbonyl (C=O) groups is 1. The van der Waals surface area contributed by atoms with E-state index in [9.17, 15) is 4.79 Å². The quantitative estimate of drug-likeness (QED) is 0.796. The summed E-state index contributed by atoms with van der Waals surface area (Å²) in [4.78, 5) is 11.5. The van der Waals surface area contributed by atoms with Gasteiger partial charge in [-0.25, -0.2) is 4.63 Å². The lowest BCUT2D eigenvalue weighted by molar-refractivity contribution is 0.101. The van der Waals surface area contributed by atoms with Crippen molar-refractivity contribution in [3.05, 3.63) is 40.2 Å². The number of ketones is 1. The van der Waals surface area contributed by atoms with Gasteiger partial charge in [-0.1, -0.05) is 21.9 Å². The van der Waals surface area contributed by atoms with E-state index < -0.39 is 0 Å². The van der Waals surface area contributed by atoms with Gasteiger partial charge in [0.1, 0.15) is 23.7 Å². The molecule has 0 bridgehead atoms. The summed E-state index contributed by atoms with van der Waals surface area (Å²) in [6, 6.07) is 4.90. The number of halogens is 1. The molecule has 0 amide bonds. The number of hydrogen-bond donors (Lipinski definition) is 0. The highest BCUT2D eigenvalue weighted by Gasteiger charge is 2.11. The topological polar surface area (TPSA) is 65.2 Å². The van der Waals surface area contributed by atoms with Crippen molar-refractivity contribution in [2.24, 2.45) is 0 Å². The maximum Gasteiger partial charge on any atom is 0.163 e. The van der Waals surface area contributed by atoms with Crippen molar-refractivity contribution in [3.63, 3.8) is 0 Å². The monoisotopic (exact) mass is 266 g/mol. The molecule has 1 aromatic heterocycles. The first-order chi connectivity index (χ1) is 8.58. The molecule has 0 atom stereocenters. The third-order valence-electron chi connectivity index (χ3n) is 2.43. The van der Waals surface area contributed by atoms with Crippen molar-refractivity contribution in [1.82, 2.24) is 10.3 Å². The Balaban J connectivity index is 2.19. The van der Waals surface area contributed by atoms with Gasteiger partial charge in [0.15, 0.2) is 5.78 Å². The number of hydrogen-bond acceptors (Lipinski definition) is 5. The standard InChI is InChI=1S/C12H11ClN2O3/c1-7-11(15-18-14-7)6-17-12-4-3-9(13)5-10(12)8(2)16/h3-5H,6H2,1-2H3. The molecule has 0 aliphatic heterocycles. The number of benzene rings is 1. The third-order valence-corrected chi connectivity index (χ3v) is 2.67. The number of aromatic nitrogens is 2. The lowest BCUT2D eigenvalue weighted by Gasteiger charge is -2.08. The first-order valence-electron chi connectivity index (χ1n) is 5.29. The average molecular weight is 267 g/mol. The van der Waals surface area contributed by atoms with Crippen molar-refractivity contribution in [2.45, 2.75) is 20.5 Å². The second-order valence-corrected chi connectivity index (χ2v) is 4.22. The lowest BCUT2D eigenvalue weighted by atomic mass is 10.1. The van der Waals surface area contributed by atoms with Crippen LogP contribution in [0, 0.1) is 6.92 Å². The van der Waals surface area contributed by atoms with Gasteiger partial charge in [-0.2, -0.15) is 0 Å². The third kappa shape index (κ3) is 2.68. The molecule has 0 spiro atoms. The molecule has 0 fully saturated rings. The Morgan fingerprint density at radius 2 is 2.22 bits per heavy atom. The molecule has 1 aromatic carbocycles. The Kier molecular flexibility index (Phi) is 3.62. The highest BCUT2D eigenvalue weighted by Crippen LogP contribution is 2.24. The molecule has 0 aliphatic rings. The van der Waals surface area contributed by atoms with E-state index in [1.165, 1.54) is 6.92 Å². The van der Waals surface area contributed by atoms with Crippen molar-refractivity contribution in [1.29, 1.82) is 0 Å². The predicted molar refractivity (Wildman–Crippen MR) is 64.8 cm³/mol. The summed E-state index contributed by atoms with van der Waals surface area (Å²) in [6.45, 7) is 3.42. The zero-order valence-electron chi connectivity index (χ0n) is 9.94. The first-order valence-corrected chi connectivity index (χ1v) is 5.67. The number of carbonyl (C=O) groups excluding carboxylic acids is 1. The van der Waals surface area contributed by atoms with Crippen LogP contribution in [-0.4, -0.2) is 16.1 Å². The van der Waals surface area contributed by atoms with E-state index in [-0.39, 0.29) is 12.4 Å². The van der Waals surface area contributed by atoms with Gasteiger partial charge in [0.05, 0.1) is 5.56 Å². The summed E-state index contributed by atoms with van der Waals surface area (Å²) in [7, 11) is 0. The molecule has 5 nitrogen and oxygen atoms in total.